The largest absolute Gasteiger partial charge is 0.470 e. The second kappa shape index (κ2) is 8.31. The van der Waals surface area contributed by atoms with Crippen LogP contribution in [-0.2, 0) is 4.79 Å². The van der Waals surface area contributed by atoms with Gasteiger partial charge in [0.25, 0.3) is 5.88 Å². The molecule has 122 valence electrons. The number of likely N-dealkylation sites (tertiary alicyclic amines) is 1. The average Bonchev–Trinajstić information content (AvgIpc) is 2.53. The second-order valence-electron chi connectivity index (χ2n) is 5.59. The number of ether oxygens (including phenoxy) is 1. The maximum absolute atomic E-state index is 12.1. The highest BCUT2D eigenvalue weighted by Gasteiger charge is 2.25. The minimum absolute atomic E-state index is 0.0166. The Kier molecular flexibility index (Phi) is 6.42. The molecule has 1 aliphatic heterocycles. The molecule has 2 heterocycles. The van der Waals surface area contributed by atoms with Crippen LogP contribution in [-0.4, -0.2) is 59.4 Å². The van der Waals surface area contributed by atoms with Gasteiger partial charge in [-0.2, -0.15) is 0 Å². The Morgan fingerprint density at radius 2 is 2.23 bits per heavy atom. The number of piperidine rings is 1. The third-order valence-electron chi connectivity index (χ3n) is 3.60. The summed E-state index contributed by atoms with van der Waals surface area (Å²) in [7, 11) is 3.82. The Morgan fingerprint density at radius 3 is 2.95 bits per heavy atom. The molecule has 7 heteroatoms. The van der Waals surface area contributed by atoms with E-state index in [-0.39, 0.29) is 12.0 Å². The van der Waals surface area contributed by atoms with E-state index in [2.05, 4.69) is 25.9 Å². The summed E-state index contributed by atoms with van der Waals surface area (Å²) in [6.45, 7) is 1.45. The summed E-state index contributed by atoms with van der Waals surface area (Å²) in [6, 6.07) is 0. The fraction of sp³-hybridized carbons (Fsp3) is 0.667. The Bertz CT molecular complexity index is 498. The van der Waals surface area contributed by atoms with Crippen molar-refractivity contribution >= 4 is 27.7 Å². The van der Waals surface area contributed by atoms with Gasteiger partial charge < -0.3 is 14.5 Å². The molecule has 0 N–H and O–H groups in total. The van der Waals surface area contributed by atoms with Crippen molar-refractivity contribution in [2.24, 2.45) is 0 Å². The lowest BCUT2D eigenvalue weighted by atomic mass is 10.1. The smallest absolute Gasteiger partial charge is 0.257 e. The number of halogens is 1. The van der Waals surface area contributed by atoms with Crippen molar-refractivity contribution < 1.29 is 9.53 Å². The van der Waals surface area contributed by atoms with E-state index in [0.29, 0.717) is 24.7 Å². The topological polar surface area (TPSA) is 58.6 Å². The number of hydrogen-bond donors (Lipinski definition) is 0. The Hall–Kier alpha value is -1.37. The number of carbonyl (C=O) groups is 1. The van der Waals surface area contributed by atoms with E-state index < -0.39 is 0 Å². The standard InChI is InChI=1S/C15H23BrN4O2/c1-19(2)14-15(18-9-8-17-14)22-12-5-4-10-20(11-12)13(21)6-3-7-16/h8-9,12H,3-7,10-11H2,1-2H3. The number of alkyl halides is 1. The van der Waals surface area contributed by atoms with Crippen LogP contribution in [0.4, 0.5) is 5.82 Å². The van der Waals surface area contributed by atoms with Gasteiger partial charge in [-0.1, -0.05) is 15.9 Å². The zero-order chi connectivity index (χ0) is 15.9. The van der Waals surface area contributed by atoms with Crippen molar-refractivity contribution in [1.82, 2.24) is 14.9 Å². The third kappa shape index (κ3) is 4.56. The average molecular weight is 371 g/mol. The molecule has 1 unspecified atom stereocenters. The summed E-state index contributed by atoms with van der Waals surface area (Å²) >= 11 is 3.36. The summed E-state index contributed by atoms with van der Waals surface area (Å²) in [6.07, 6.45) is 6.62. The molecule has 0 spiro atoms. The van der Waals surface area contributed by atoms with Gasteiger partial charge in [0.05, 0.1) is 6.54 Å². The van der Waals surface area contributed by atoms with Crippen molar-refractivity contribution in [2.75, 3.05) is 37.4 Å². The fourth-order valence-corrected chi connectivity index (χ4v) is 2.78. The summed E-state index contributed by atoms with van der Waals surface area (Å²) in [4.78, 5) is 24.5. The first kappa shape index (κ1) is 17.0. The Labute approximate surface area is 140 Å². The number of aromatic nitrogens is 2. The number of carbonyl (C=O) groups excluding carboxylic acids is 1. The van der Waals surface area contributed by atoms with Crippen LogP contribution >= 0.6 is 15.9 Å². The van der Waals surface area contributed by atoms with E-state index in [1.807, 2.05) is 23.9 Å². The summed E-state index contributed by atoms with van der Waals surface area (Å²) in [5, 5.41) is 0.859. The van der Waals surface area contributed by atoms with Crippen LogP contribution in [0.5, 0.6) is 5.88 Å². The minimum Gasteiger partial charge on any atom is -0.470 e. The van der Waals surface area contributed by atoms with E-state index in [4.69, 9.17) is 4.74 Å². The lowest BCUT2D eigenvalue weighted by Crippen LogP contribution is -2.44. The first-order valence-electron chi connectivity index (χ1n) is 7.60. The van der Waals surface area contributed by atoms with Crippen molar-refractivity contribution in [2.45, 2.75) is 31.8 Å². The highest BCUT2D eigenvalue weighted by atomic mass is 79.9. The number of nitrogens with zero attached hydrogens (tertiary/aromatic N) is 4. The predicted octanol–water partition coefficient (Wildman–Crippen LogP) is 2.09. The van der Waals surface area contributed by atoms with Crippen LogP contribution in [0.15, 0.2) is 12.4 Å². The minimum atomic E-state index is -0.0166. The molecule has 22 heavy (non-hydrogen) atoms. The van der Waals surface area contributed by atoms with Gasteiger partial charge in [-0.3, -0.25) is 4.79 Å². The molecule has 0 aliphatic carbocycles. The molecule has 0 aromatic carbocycles. The van der Waals surface area contributed by atoms with E-state index in [1.54, 1.807) is 12.4 Å². The number of amides is 1. The van der Waals surface area contributed by atoms with E-state index >= 15 is 0 Å². The second-order valence-corrected chi connectivity index (χ2v) is 6.39. The van der Waals surface area contributed by atoms with E-state index in [0.717, 1.165) is 31.1 Å². The first-order valence-corrected chi connectivity index (χ1v) is 8.72. The van der Waals surface area contributed by atoms with Gasteiger partial charge in [-0.25, -0.2) is 9.97 Å². The molecule has 1 aromatic rings. The number of anilines is 1. The SMILES string of the molecule is CN(C)c1nccnc1OC1CCCN(C(=O)CCCBr)C1. The highest BCUT2D eigenvalue weighted by Crippen LogP contribution is 2.24. The van der Waals surface area contributed by atoms with Crippen LogP contribution in [0.1, 0.15) is 25.7 Å². The van der Waals surface area contributed by atoms with Crippen LogP contribution in [0.3, 0.4) is 0 Å². The summed E-state index contributed by atoms with van der Waals surface area (Å²) in [5.41, 5.74) is 0. The van der Waals surface area contributed by atoms with Crippen molar-refractivity contribution in [3.05, 3.63) is 12.4 Å². The van der Waals surface area contributed by atoms with Gasteiger partial charge in [0.2, 0.25) is 5.91 Å². The zero-order valence-corrected chi connectivity index (χ0v) is 14.8. The quantitative estimate of drug-likeness (QED) is 0.717. The molecule has 1 aliphatic rings. The molecule has 1 fully saturated rings. The van der Waals surface area contributed by atoms with Crippen LogP contribution in [0.25, 0.3) is 0 Å². The fourth-order valence-electron chi connectivity index (χ4n) is 2.50. The normalized spacial score (nSPS) is 18.1. The van der Waals surface area contributed by atoms with Crippen molar-refractivity contribution in [3.63, 3.8) is 0 Å². The first-order chi connectivity index (χ1) is 10.6. The molecule has 1 aromatic heterocycles. The molecular formula is C15H23BrN4O2. The highest BCUT2D eigenvalue weighted by molar-refractivity contribution is 9.09. The Morgan fingerprint density at radius 1 is 1.45 bits per heavy atom. The van der Waals surface area contributed by atoms with Crippen molar-refractivity contribution in [1.29, 1.82) is 0 Å². The summed E-state index contributed by atoms with van der Waals surface area (Å²) in [5.74, 6) is 1.46. The van der Waals surface area contributed by atoms with E-state index in [9.17, 15) is 4.79 Å². The number of hydrogen-bond acceptors (Lipinski definition) is 5. The molecule has 0 radical (unpaired) electrons. The van der Waals surface area contributed by atoms with Gasteiger partial charge in [0.1, 0.15) is 6.10 Å². The van der Waals surface area contributed by atoms with Gasteiger partial charge in [0, 0.05) is 44.8 Å². The molecule has 1 saturated heterocycles. The zero-order valence-electron chi connectivity index (χ0n) is 13.2. The lowest BCUT2D eigenvalue weighted by molar-refractivity contribution is -0.133. The molecule has 2 rings (SSSR count). The van der Waals surface area contributed by atoms with Gasteiger partial charge in [0.15, 0.2) is 5.82 Å². The summed E-state index contributed by atoms with van der Waals surface area (Å²) < 4.78 is 6.01. The molecular weight excluding hydrogens is 348 g/mol. The molecule has 0 bridgehead atoms. The Balaban J connectivity index is 1.97. The van der Waals surface area contributed by atoms with Gasteiger partial charge >= 0.3 is 0 Å². The molecule has 1 amide bonds. The molecule has 0 saturated carbocycles. The van der Waals surface area contributed by atoms with E-state index in [1.165, 1.54) is 0 Å². The van der Waals surface area contributed by atoms with Crippen LogP contribution < -0.4 is 9.64 Å². The number of rotatable bonds is 6. The molecule has 6 nitrogen and oxygen atoms in total. The lowest BCUT2D eigenvalue weighted by Gasteiger charge is -2.33. The van der Waals surface area contributed by atoms with Crippen LogP contribution in [0.2, 0.25) is 0 Å². The maximum atomic E-state index is 12.1. The van der Waals surface area contributed by atoms with Crippen LogP contribution in [0, 0.1) is 0 Å². The van der Waals surface area contributed by atoms with Crippen molar-refractivity contribution in [3.8, 4) is 5.88 Å². The monoisotopic (exact) mass is 370 g/mol. The molecule has 1 atom stereocenters. The maximum Gasteiger partial charge on any atom is 0.257 e. The van der Waals surface area contributed by atoms with Gasteiger partial charge in [-0.15, -0.1) is 0 Å². The predicted molar refractivity (Wildman–Crippen MR) is 89.6 cm³/mol. The van der Waals surface area contributed by atoms with Gasteiger partial charge in [-0.05, 0) is 19.3 Å². The third-order valence-corrected chi connectivity index (χ3v) is 4.16.